The van der Waals surface area contributed by atoms with Crippen LogP contribution in [0.4, 0.5) is 0 Å². The van der Waals surface area contributed by atoms with Gasteiger partial charge in [-0.25, -0.2) is 4.98 Å². The predicted molar refractivity (Wildman–Crippen MR) is 81.0 cm³/mol. The average molecular weight is 285 g/mol. The van der Waals surface area contributed by atoms with E-state index in [-0.39, 0.29) is 5.75 Å². The Balaban J connectivity index is 1.90. The van der Waals surface area contributed by atoms with Gasteiger partial charge in [-0.3, -0.25) is 0 Å². The zero-order valence-electron chi connectivity index (χ0n) is 11.1. The monoisotopic (exact) mass is 285 g/mol. The molecular weight excluding hydrogens is 270 g/mol. The van der Waals surface area contributed by atoms with E-state index in [0.717, 1.165) is 20.8 Å². The molecule has 3 rings (SSSR count). The number of phenols is 1. The fourth-order valence-corrected chi connectivity index (χ4v) is 3.33. The smallest absolute Gasteiger partial charge is 0.115 e. The number of hydrogen-bond acceptors (Lipinski definition) is 4. The molecule has 0 saturated heterocycles. The average Bonchev–Trinajstić information content (AvgIpc) is 2.80. The Labute approximate surface area is 121 Å². The van der Waals surface area contributed by atoms with Crippen molar-refractivity contribution in [3.63, 3.8) is 0 Å². The van der Waals surface area contributed by atoms with Crippen LogP contribution >= 0.6 is 11.3 Å². The van der Waals surface area contributed by atoms with Gasteiger partial charge in [0.1, 0.15) is 5.75 Å². The van der Waals surface area contributed by atoms with E-state index in [0.29, 0.717) is 6.42 Å². The number of aromatic nitrogens is 1. The van der Waals surface area contributed by atoms with Crippen LogP contribution in [0.1, 0.15) is 17.5 Å². The van der Waals surface area contributed by atoms with Crippen LogP contribution in [0.5, 0.6) is 5.75 Å². The molecule has 2 aromatic carbocycles. The quantitative estimate of drug-likeness (QED) is 0.775. The number of nitrogens with zero attached hydrogens (tertiary/aromatic N) is 1. The summed E-state index contributed by atoms with van der Waals surface area (Å²) in [6.45, 7) is 1.77. The van der Waals surface area contributed by atoms with E-state index in [1.165, 1.54) is 0 Å². The first-order valence-corrected chi connectivity index (χ1v) is 7.22. The normalized spacial score (nSPS) is 14.3. The van der Waals surface area contributed by atoms with Gasteiger partial charge in [0.2, 0.25) is 0 Å². The second-order valence-corrected chi connectivity index (χ2v) is 6.19. The van der Waals surface area contributed by atoms with Gasteiger partial charge in [-0.2, -0.15) is 0 Å². The van der Waals surface area contributed by atoms with Crippen LogP contribution < -0.4 is 0 Å². The molecule has 4 heteroatoms. The van der Waals surface area contributed by atoms with Gasteiger partial charge in [0.05, 0.1) is 20.8 Å². The summed E-state index contributed by atoms with van der Waals surface area (Å²) >= 11 is 1.60. The Morgan fingerprint density at radius 2 is 1.80 bits per heavy atom. The van der Waals surface area contributed by atoms with Crippen molar-refractivity contribution in [2.24, 2.45) is 0 Å². The van der Waals surface area contributed by atoms with E-state index < -0.39 is 5.60 Å². The molecule has 0 aliphatic rings. The lowest BCUT2D eigenvalue weighted by Crippen LogP contribution is -2.24. The molecule has 0 aliphatic carbocycles. The molecule has 1 aromatic heterocycles. The SMILES string of the molecule is CC(O)(Cc1nc2ccccc2s1)c1ccc(O)cc1. The molecule has 1 unspecified atom stereocenters. The third-order valence-electron chi connectivity index (χ3n) is 3.32. The van der Waals surface area contributed by atoms with Crippen molar-refractivity contribution in [2.75, 3.05) is 0 Å². The van der Waals surface area contributed by atoms with Gasteiger partial charge in [0, 0.05) is 6.42 Å². The first-order chi connectivity index (χ1) is 9.54. The number of para-hydroxylation sites is 1. The van der Waals surface area contributed by atoms with Crippen LogP contribution in [0.25, 0.3) is 10.2 Å². The molecule has 0 fully saturated rings. The Kier molecular flexibility index (Phi) is 3.20. The van der Waals surface area contributed by atoms with Crippen LogP contribution in [0.2, 0.25) is 0 Å². The summed E-state index contributed by atoms with van der Waals surface area (Å²) in [6, 6.07) is 14.6. The predicted octanol–water partition coefficient (Wildman–Crippen LogP) is 3.45. The Morgan fingerprint density at radius 3 is 2.50 bits per heavy atom. The van der Waals surface area contributed by atoms with E-state index in [1.807, 2.05) is 24.3 Å². The minimum Gasteiger partial charge on any atom is -0.508 e. The highest BCUT2D eigenvalue weighted by Crippen LogP contribution is 2.30. The molecular formula is C16H15NO2S. The number of fused-ring (bicyclic) bond motifs is 1. The van der Waals surface area contributed by atoms with Crippen LogP contribution in [-0.2, 0) is 12.0 Å². The Bertz CT molecular complexity index is 699. The molecule has 0 radical (unpaired) electrons. The van der Waals surface area contributed by atoms with Crippen molar-refractivity contribution in [3.05, 3.63) is 59.1 Å². The minimum absolute atomic E-state index is 0.199. The maximum atomic E-state index is 10.6. The van der Waals surface area contributed by atoms with Gasteiger partial charge in [-0.15, -0.1) is 11.3 Å². The molecule has 0 saturated carbocycles. The lowest BCUT2D eigenvalue weighted by Gasteiger charge is -2.22. The Hall–Kier alpha value is -1.91. The van der Waals surface area contributed by atoms with Crippen molar-refractivity contribution < 1.29 is 10.2 Å². The van der Waals surface area contributed by atoms with Crippen molar-refractivity contribution >= 4 is 21.6 Å². The first-order valence-electron chi connectivity index (χ1n) is 6.41. The molecule has 1 heterocycles. The third-order valence-corrected chi connectivity index (χ3v) is 4.36. The van der Waals surface area contributed by atoms with E-state index >= 15 is 0 Å². The summed E-state index contributed by atoms with van der Waals surface area (Å²) in [5.74, 6) is 0.199. The summed E-state index contributed by atoms with van der Waals surface area (Å²) < 4.78 is 1.13. The largest absolute Gasteiger partial charge is 0.508 e. The topological polar surface area (TPSA) is 53.4 Å². The molecule has 2 N–H and O–H groups in total. The number of aromatic hydroxyl groups is 1. The van der Waals surface area contributed by atoms with E-state index in [1.54, 1.807) is 42.5 Å². The Morgan fingerprint density at radius 1 is 1.10 bits per heavy atom. The molecule has 0 bridgehead atoms. The van der Waals surface area contributed by atoms with Gasteiger partial charge in [-0.05, 0) is 36.8 Å². The highest BCUT2D eigenvalue weighted by molar-refractivity contribution is 7.18. The van der Waals surface area contributed by atoms with Gasteiger partial charge in [0.25, 0.3) is 0 Å². The summed E-state index contributed by atoms with van der Waals surface area (Å²) in [7, 11) is 0. The second-order valence-electron chi connectivity index (χ2n) is 5.07. The fraction of sp³-hybridized carbons (Fsp3) is 0.188. The summed E-state index contributed by atoms with van der Waals surface area (Å²) in [6.07, 6.45) is 0.455. The molecule has 0 aliphatic heterocycles. The van der Waals surface area contributed by atoms with Crippen molar-refractivity contribution in [1.29, 1.82) is 0 Å². The van der Waals surface area contributed by atoms with E-state index in [4.69, 9.17) is 0 Å². The lowest BCUT2D eigenvalue weighted by atomic mass is 9.93. The van der Waals surface area contributed by atoms with E-state index in [2.05, 4.69) is 4.98 Å². The zero-order valence-corrected chi connectivity index (χ0v) is 11.9. The highest BCUT2D eigenvalue weighted by Gasteiger charge is 2.25. The highest BCUT2D eigenvalue weighted by atomic mass is 32.1. The fourth-order valence-electron chi connectivity index (χ4n) is 2.21. The maximum Gasteiger partial charge on any atom is 0.115 e. The van der Waals surface area contributed by atoms with Crippen LogP contribution in [0.15, 0.2) is 48.5 Å². The lowest BCUT2D eigenvalue weighted by molar-refractivity contribution is 0.0576. The second kappa shape index (κ2) is 4.89. The number of phenolic OH excluding ortho intramolecular Hbond substituents is 1. The molecule has 0 amide bonds. The molecule has 20 heavy (non-hydrogen) atoms. The number of thiazole rings is 1. The van der Waals surface area contributed by atoms with Crippen molar-refractivity contribution in [2.45, 2.75) is 18.9 Å². The number of aliphatic hydroxyl groups is 1. The van der Waals surface area contributed by atoms with Crippen molar-refractivity contribution in [3.8, 4) is 5.75 Å². The molecule has 1 atom stereocenters. The molecule has 3 aromatic rings. The maximum absolute atomic E-state index is 10.6. The number of benzene rings is 2. The molecule has 102 valence electrons. The van der Waals surface area contributed by atoms with Gasteiger partial charge in [0.15, 0.2) is 0 Å². The number of rotatable bonds is 3. The minimum atomic E-state index is -0.998. The van der Waals surface area contributed by atoms with Gasteiger partial charge < -0.3 is 10.2 Å². The zero-order chi connectivity index (χ0) is 14.2. The van der Waals surface area contributed by atoms with Crippen molar-refractivity contribution in [1.82, 2.24) is 4.98 Å². The molecule has 3 nitrogen and oxygen atoms in total. The summed E-state index contributed by atoms with van der Waals surface area (Å²) in [5, 5.41) is 20.9. The van der Waals surface area contributed by atoms with Crippen LogP contribution in [0.3, 0.4) is 0 Å². The third kappa shape index (κ3) is 2.53. The summed E-state index contributed by atoms with van der Waals surface area (Å²) in [4.78, 5) is 4.55. The van der Waals surface area contributed by atoms with Crippen LogP contribution in [0, 0.1) is 0 Å². The van der Waals surface area contributed by atoms with E-state index in [9.17, 15) is 10.2 Å². The van der Waals surface area contributed by atoms with Crippen LogP contribution in [-0.4, -0.2) is 15.2 Å². The van der Waals surface area contributed by atoms with Gasteiger partial charge >= 0.3 is 0 Å². The van der Waals surface area contributed by atoms with Gasteiger partial charge in [-0.1, -0.05) is 24.3 Å². The number of hydrogen-bond donors (Lipinski definition) is 2. The first kappa shape index (κ1) is 13.1. The molecule has 0 spiro atoms. The summed E-state index contributed by atoms with van der Waals surface area (Å²) in [5.41, 5.74) is 0.741. The standard InChI is InChI=1S/C16H15NO2S/c1-16(19,11-6-8-12(18)9-7-11)10-15-17-13-4-2-3-5-14(13)20-15/h2-9,18-19H,10H2,1H3.